The molecule has 0 saturated carbocycles. The minimum atomic E-state index is -0.929. The number of aromatic nitrogens is 2. The number of aryl methyl sites for hydroxylation is 1. The Balaban J connectivity index is 1.34. The van der Waals surface area contributed by atoms with E-state index in [0.29, 0.717) is 30.9 Å². The predicted octanol–water partition coefficient (Wildman–Crippen LogP) is 5.51. The zero-order chi connectivity index (χ0) is 33.6. The Labute approximate surface area is 279 Å². The summed E-state index contributed by atoms with van der Waals surface area (Å²) in [6, 6.07) is 35.3. The van der Waals surface area contributed by atoms with Crippen LogP contribution in [0.2, 0.25) is 0 Å². The molecular formula is C38H39N5O5. The molecule has 0 radical (unpaired) electrons. The van der Waals surface area contributed by atoms with Gasteiger partial charge in [0.15, 0.2) is 0 Å². The van der Waals surface area contributed by atoms with E-state index in [1.165, 1.54) is 17.4 Å². The van der Waals surface area contributed by atoms with Crippen LogP contribution in [-0.4, -0.2) is 45.4 Å². The van der Waals surface area contributed by atoms with Crippen molar-refractivity contribution >= 4 is 17.9 Å². The Kier molecular flexibility index (Phi) is 11.9. The number of amides is 3. The minimum absolute atomic E-state index is 0.0791. The monoisotopic (exact) mass is 645 g/mol. The third-order valence-corrected chi connectivity index (χ3v) is 7.92. The number of nitrogens with zero attached hydrogens (tertiary/aromatic N) is 2. The summed E-state index contributed by atoms with van der Waals surface area (Å²) in [6.07, 6.45) is 3.15. The molecule has 0 aliphatic carbocycles. The van der Waals surface area contributed by atoms with Crippen LogP contribution in [0.15, 0.2) is 128 Å². The number of primary amides is 1. The lowest BCUT2D eigenvalue weighted by Crippen LogP contribution is -2.50. The van der Waals surface area contributed by atoms with E-state index >= 15 is 0 Å². The van der Waals surface area contributed by atoms with Gasteiger partial charge in [0.05, 0.1) is 12.2 Å². The molecule has 1 heterocycles. The van der Waals surface area contributed by atoms with Crippen molar-refractivity contribution in [3.63, 3.8) is 0 Å². The first-order valence-electron chi connectivity index (χ1n) is 15.8. The minimum Gasteiger partial charge on any atom is -0.489 e. The summed E-state index contributed by atoms with van der Waals surface area (Å²) in [5.41, 5.74) is 10.1. The number of imidazole rings is 1. The fraction of sp³-hybridized carbons (Fsp3) is 0.211. The number of carbonyl (C=O) groups is 3. The van der Waals surface area contributed by atoms with Gasteiger partial charge < -0.3 is 30.4 Å². The van der Waals surface area contributed by atoms with Gasteiger partial charge in [0, 0.05) is 25.0 Å². The number of H-pyrrole nitrogens is 1. The van der Waals surface area contributed by atoms with Crippen LogP contribution in [0.5, 0.6) is 5.75 Å². The molecule has 5 aromatic rings. The van der Waals surface area contributed by atoms with E-state index in [0.717, 1.165) is 22.3 Å². The molecule has 5 rings (SSSR count). The zero-order valence-corrected chi connectivity index (χ0v) is 26.5. The molecule has 2 atom stereocenters. The lowest BCUT2D eigenvalue weighted by atomic mass is 9.98. The van der Waals surface area contributed by atoms with Gasteiger partial charge in [-0.25, -0.2) is 9.78 Å². The number of carbonyl (C=O) groups excluding carboxylic acids is 3. The van der Waals surface area contributed by atoms with Gasteiger partial charge in [0.1, 0.15) is 25.0 Å². The highest BCUT2D eigenvalue weighted by Crippen LogP contribution is 2.23. The van der Waals surface area contributed by atoms with Crippen LogP contribution in [-0.2, 0) is 40.5 Å². The summed E-state index contributed by atoms with van der Waals surface area (Å²) in [4.78, 5) is 48.8. The molecule has 4 aromatic carbocycles. The molecule has 0 fully saturated rings. The third-order valence-electron chi connectivity index (χ3n) is 7.92. The van der Waals surface area contributed by atoms with Gasteiger partial charge in [-0.2, -0.15) is 0 Å². The predicted molar refractivity (Wildman–Crippen MR) is 181 cm³/mol. The van der Waals surface area contributed by atoms with Crippen molar-refractivity contribution in [2.24, 2.45) is 5.73 Å². The van der Waals surface area contributed by atoms with Gasteiger partial charge in [-0.15, -0.1) is 0 Å². The van der Waals surface area contributed by atoms with Crippen LogP contribution in [0.4, 0.5) is 4.79 Å². The summed E-state index contributed by atoms with van der Waals surface area (Å²) in [6.45, 7) is 0.501. The lowest BCUT2D eigenvalue weighted by molar-refractivity contribution is -0.141. The summed E-state index contributed by atoms with van der Waals surface area (Å²) in [7, 11) is 0. The van der Waals surface area contributed by atoms with Crippen LogP contribution in [0.25, 0.3) is 0 Å². The van der Waals surface area contributed by atoms with Crippen molar-refractivity contribution in [1.82, 2.24) is 20.2 Å². The molecule has 0 bridgehead atoms. The van der Waals surface area contributed by atoms with Gasteiger partial charge in [0.2, 0.25) is 11.8 Å². The van der Waals surface area contributed by atoms with Crippen molar-refractivity contribution in [3.05, 3.63) is 156 Å². The van der Waals surface area contributed by atoms with E-state index < -0.39 is 29.9 Å². The molecule has 4 N–H and O–H groups in total. The van der Waals surface area contributed by atoms with Crippen LogP contribution in [0, 0.1) is 0 Å². The Morgan fingerprint density at radius 1 is 0.771 bits per heavy atom. The summed E-state index contributed by atoms with van der Waals surface area (Å²) in [5, 5.41) is 2.71. The first kappa shape index (κ1) is 33.5. The average Bonchev–Trinajstić information content (AvgIpc) is 3.66. The highest BCUT2D eigenvalue weighted by molar-refractivity contribution is 5.90. The topological polar surface area (TPSA) is 140 Å². The molecule has 1 aromatic heterocycles. The van der Waals surface area contributed by atoms with E-state index in [1.807, 2.05) is 115 Å². The maximum atomic E-state index is 14.5. The van der Waals surface area contributed by atoms with E-state index in [4.69, 9.17) is 15.2 Å². The van der Waals surface area contributed by atoms with Gasteiger partial charge in [-0.05, 0) is 47.2 Å². The second-order valence-corrected chi connectivity index (χ2v) is 11.3. The number of nitrogens with two attached hydrogens (primary N) is 1. The van der Waals surface area contributed by atoms with Crippen molar-refractivity contribution in [3.8, 4) is 5.75 Å². The Bertz CT molecular complexity index is 1720. The first-order chi connectivity index (χ1) is 23.5. The molecular weight excluding hydrogens is 606 g/mol. The highest BCUT2D eigenvalue weighted by atomic mass is 16.5. The van der Waals surface area contributed by atoms with E-state index in [2.05, 4.69) is 15.3 Å². The molecule has 3 amide bonds. The fourth-order valence-electron chi connectivity index (χ4n) is 5.32. The van der Waals surface area contributed by atoms with Crippen molar-refractivity contribution in [2.75, 3.05) is 6.54 Å². The Morgan fingerprint density at radius 2 is 1.38 bits per heavy atom. The van der Waals surface area contributed by atoms with Gasteiger partial charge >= 0.3 is 6.09 Å². The molecule has 246 valence electrons. The van der Waals surface area contributed by atoms with Crippen LogP contribution >= 0.6 is 0 Å². The van der Waals surface area contributed by atoms with E-state index in [-0.39, 0.29) is 19.7 Å². The number of alkyl carbamates (subject to hydrolysis) is 1. The number of aromatic amines is 1. The largest absolute Gasteiger partial charge is 0.489 e. The normalized spacial score (nSPS) is 12.0. The average molecular weight is 646 g/mol. The van der Waals surface area contributed by atoms with E-state index in [1.54, 1.807) is 0 Å². The molecule has 0 aliphatic heterocycles. The van der Waals surface area contributed by atoms with Gasteiger partial charge in [-0.3, -0.25) is 9.59 Å². The molecule has 10 nitrogen and oxygen atoms in total. The molecule has 0 spiro atoms. The molecule has 0 aliphatic rings. The zero-order valence-electron chi connectivity index (χ0n) is 26.5. The lowest BCUT2D eigenvalue weighted by Gasteiger charge is -2.33. The number of hydrogen-bond acceptors (Lipinski definition) is 6. The quantitative estimate of drug-likeness (QED) is 0.129. The number of hydrogen-bond donors (Lipinski definition) is 3. The third kappa shape index (κ3) is 9.80. The molecule has 48 heavy (non-hydrogen) atoms. The van der Waals surface area contributed by atoms with Gasteiger partial charge in [-0.1, -0.05) is 103 Å². The number of benzene rings is 4. The maximum Gasteiger partial charge on any atom is 0.407 e. The number of ether oxygens (including phenoxy) is 2. The van der Waals surface area contributed by atoms with Crippen molar-refractivity contribution in [2.45, 2.75) is 44.6 Å². The second-order valence-electron chi connectivity index (χ2n) is 11.3. The van der Waals surface area contributed by atoms with Crippen LogP contribution in [0.1, 0.15) is 40.3 Å². The molecule has 1 unspecified atom stereocenters. The second kappa shape index (κ2) is 17.1. The van der Waals surface area contributed by atoms with Crippen LogP contribution in [0.3, 0.4) is 0 Å². The SMILES string of the molecule is NC(=O)C(CCc1ccccc1)N(Cc1ccc(OCc2ccccc2)cc1)C(=O)[C@@H](CNC(=O)OCc1ccccc1)c1cnc[nH]1. The number of rotatable bonds is 16. The Hall–Kier alpha value is -5.90. The van der Waals surface area contributed by atoms with Crippen molar-refractivity contribution < 1.29 is 23.9 Å². The summed E-state index contributed by atoms with van der Waals surface area (Å²) >= 11 is 0. The highest BCUT2D eigenvalue weighted by Gasteiger charge is 2.34. The smallest absolute Gasteiger partial charge is 0.407 e. The standard InChI is InChI=1S/C38H39N5O5/c39-36(44)35(21-18-28-10-4-1-5-11-28)43(24-29-16-19-32(20-17-29)47-25-30-12-6-2-7-13-30)37(45)33(34-23-40-27-42-34)22-41-38(46)48-26-31-14-8-3-9-15-31/h1-17,19-20,23,27,33,35H,18,21-22,24-26H2,(H2,39,44)(H,40,42)(H,41,46)/t33-,35?/m0/s1. The van der Waals surface area contributed by atoms with Crippen LogP contribution < -0.4 is 15.8 Å². The van der Waals surface area contributed by atoms with E-state index in [9.17, 15) is 14.4 Å². The first-order valence-corrected chi connectivity index (χ1v) is 15.8. The maximum absolute atomic E-state index is 14.5. The Morgan fingerprint density at radius 3 is 1.96 bits per heavy atom. The molecule has 0 saturated heterocycles. The van der Waals surface area contributed by atoms with Gasteiger partial charge in [0.25, 0.3) is 0 Å². The summed E-state index contributed by atoms with van der Waals surface area (Å²) in [5.74, 6) is -1.25. The fourth-order valence-corrected chi connectivity index (χ4v) is 5.32. The molecule has 10 heteroatoms. The summed E-state index contributed by atoms with van der Waals surface area (Å²) < 4.78 is 11.3. The number of nitrogens with one attached hydrogen (secondary N) is 2. The van der Waals surface area contributed by atoms with Crippen molar-refractivity contribution in [1.29, 1.82) is 0 Å².